The van der Waals surface area contributed by atoms with Crippen LogP contribution in [0.3, 0.4) is 0 Å². The molecule has 0 aromatic heterocycles. The van der Waals surface area contributed by atoms with Crippen molar-refractivity contribution in [2.75, 3.05) is 19.5 Å². The molecular weight excluding hydrogens is 582 g/mol. The number of halogens is 2. The van der Waals surface area contributed by atoms with Crippen molar-refractivity contribution in [3.8, 4) is 17.2 Å². The number of rotatable bonds is 8. The van der Waals surface area contributed by atoms with Crippen molar-refractivity contribution in [2.45, 2.75) is 20.3 Å². The average Bonchev–Trinajstić information content (AvgIpc) is 2.80. The van der Waals surface area contributed by atoms with Gasteiger partial charge in [0.25, 0.3) is 0 Å². The highest BCUT2D eigenvalue weighted by molar-refractivity contribution is 9.11. The molecule has 9 heteroatoms. The third kappa shape index (κ3) is 6.49. The van der Waals surface area contributed by atoms with Crippen LogP contribution in [0.5, 0.6) is 17.2 Å². The molecule has 0 unspecified atom stereocenters. The first-order valence-corrected chi connectivity index (χ1v) is 12.0. The molecule has 0 saturated carbocycles. The molecule has 7 nitrogen and oxygen atoms in total. The molecule has 0 fully saturated rings. The highest BCUT2D eigenvalue weighted by Gasteiger charge is 2.22. The van der Waals surface area contributed by atoms with E-state index in [1.165, 1.54) is 21.1 Å². The molecule has 0 radical (unpaired) electrons. The van der Waals surface area contributed by atoms with E-state index in [9.17, 15) is 14.4 Å². The van der Waals surface area contributed by atoms with E-state index in [2.05, 4.69) is 37.2 Å². The van der Waals surface area contributed by atoms with Gasteiger partial charge >= 0.3 is 5.97 Å². The minimum Gasteiger partial charge on any atom is -0.495 e. The maximum Gasteiger partial charge on any atom is 0.309 e. The number of esters is 1. The van der Waals surface area contributed by atoms with Gasteiger partial charge in [-0.05, 0) is 68.6 Å². The molecule has 0 aliphatic carbocycles. The Balaban J connectivity index is 2.13. The second-order valence-corrected chi connectivity index (χ2v) is 9.38. The number of carbonyl (C=O) groups is 3. The number of aryl methyl sites for hydroxylation is 1. The maximum absolute atomic E-state index is 13.5. The zero-order chi connectivity index (χ0) is 25.7. The molecule has 3 aromatic rings. The zero-order valence-electron chi connectivity index (χ0n) is 19.5. The van der Waals surface area contributed by atoms with E-state index in [-0.39, 0.29) is 35.4 Å². The van der Waals surface area contributed by atoms with Crippen LogP contribution in [-0.2, 0) is 20.7 Å². The predicted molar refractivity (Wildman–Crippen MR) is 140 cm³/mol. The number of amides is 1. The topological polar surface area (TPSA) is 90.9 Å². The third-order valence-electron chi connectivity index (χ3n) is 4.98. The highest BCUT2D eigenvalue weighted by atomic mass is 79.9. The predicted octanol–water partition coefficient (Wildman–Crippen LogP) is 6.23. The number of anilines is 1. The zero-order valence-corrected chi connectivity index (χ0v) is 22.7. The second kappa shape index (κ2) is 11.5. The summed E-state index contributed by atoms with van der Waals surface area (Å²) in [6.45, 7) is 3.28. The molecule has 0 aliphatic heterocycles. The van der Waals surface area contributed by atoms with Crippen LogP contribution in [0.2, 0.25) is 0 Å². The second-order valence-electron chi connectivity index (χ2n) is 7.67. The number of nitrogens with one attached hydrogen (secondary N) is 1. The van der Waals surface area contributed by atoms with Gasteiger partial charge in [-0.2, -0.15) is 0 Å². The lowest BCUT2D eigenvalue weighted by molar-refractivity contribution is -0.139. The summed E-state index contributed by atoms with van der Waals surface area (Å²) in [5.74, 6) is -0.0415. The van der Waals surface area contributed by atoms with E-state index in [1.807, 2.05) is 13.0 Å². The summed E-state index contributed by atoms with van der Waals surface area (Å²) in [4.78, 5) is 36.9. The number of hydrogen-bond acceptors (Lipinski definition) is 6. The van der Waals surface area contributed by atoms with Gasteiger partial charge in [-0.15, -0.1) is 0 Å². The number of hydrogen-bond donors (Lipinski definition) is 1. The molecule has 35 heavy (non-hydrogen) atoms. The summed E-state index contributed by atoms with van der Waals surface area (Å²) >= 11 is 6.97. The summed E-state index contributed by atoms with van der Waals surface area (Å²) in [7, 11) is 2.78. The van der Waals surface area contributed by atoms with Gasteiger partial charge in [0.15, 0.2) is 11.5 Å². The Bertz CT molecular complexity index is 1280. The Kier molecular flexibility index (Phi) is 8.69. The fraction of sp³-hybridized carbons (Fsp3) is 0.192. The summed E-state index contributed by atoms with van der Waals surface area (Å²) < 4.78 is 17.5. The van der Waals surface area contributed by atoms with Gasteiger partial charge in [0.2, 0.25) is 5.91 Å². The first-order chi connectivity index (χ1) is 16.6. The van der Waals surface area contributed by atoms with Gasteiger partial charge in [-0.3, -0.25) is 14.4 Å². The van der Waals surface area contributed by atoms with Crippen molar-refractivity contribution in [1.82, 2.24) is 0 Å². The normalized spacial score (nSPS) is 10.5. The van der Waals surface area contributed by atoms with Gasteiger partial charge < -0.3 is 19.5 Å². The van der Waals surface area contributed by atoms with E-state index in [0.29, 0.717) is 37.3 Å². The van der Waals surface area contributed by atoms with Crippen LogP contribution in [0, 0.1) is 6.92 Å². The van der Waals surface area contributed by atoms with Gasteiger partial charge in [0.05, 0.1) is 40.8 Å². The largest absolute Gasteiger partial charge is 0.495 e. The lowest BCUT2D eigenvalue weighted by atomic mass is 10.00. The fourth-order valence-corrected chi connectivity index (χ4v) is 4.82. The van der Waals surface area contributed by atoms with Crippen LogP contribution in [0.15, 0.2) is 57.5 Å². The smallest absolute Gasteiger partial charge is 0.309 e. The monoisotopic (exact) mass is 603 g/mol. The number of carbonyl (C=O) groups excluding carboxylic acids is 3. The molecule has 1 amide bonds. The summed E-state index contributed by atoms with van der Waals surface area (Å²) in [6.07, 6.45) is 0.0836. The number of ether oxygens (including phenoxy) is 3. The van der Waals surface area contributed by atoms with Crippen molar-refractivity contribution in [3.63, 3.8) is 0 Å². The lowest BCUT2D eigenvalue weighted by Gasteiger charge is -2.18. The van der Waals surface area contributed by atoms with E-state index in [0.717, 1.165) is 5.56 Å². The minimum atomic E-state index is -0.376. The molecule has 0 saturated heterocycles. The molecular formula is C26H23Br2NO6. The van der Waals surface area contributed by atoms with Crippen LogP contribution in [0.4, 0.5) is 5.69 Å². The van der Waals surface area contributed by atoms with E-state index >= 15 is 0 Å². The van der Waals surface area contributed by atoms with Gasteiger partial charge in [0.1, 0.15) is 11.5 Å². The summed E-state index contributed by atoms with van der Waals surface area (Å²) in [5.41, 5.74) is 2.72. The SMILES string of the molecule is COC(=O)Cc1cc(Br)c(Oc2cc(NC(C)=O)c(OC)cc2C(=O)c2cccc(C)c2)c(Br)c1. The third-order valence-corrected chi connectivity index (χ3v) is 6.16. The molecule has 3 rings (SSSR count). The van der Waals surface area contributed by atoms with E-state index in [4.69, 9.17) is 14.2 Å². The first-order valence-electron chi connectivity index (χ1n) is 10.5. The molecule has 182 valence electrons. The molecule has 1 N–H and O–H groups in total. The maximum atomic E-state index is 13.5. The number of ketones is 1. The van der Waals surface area contributed by atoms with Gasteiger partial charge in [-0.1, -0.05) is 23.8 Å². The van der Waals surface area contributed by atoms with Crippen LogP contribution >= 0.6 is 31.9 Å². The van der Waals surface area contributed by atoms with Crippen LogP contribution in [-0.4, -0.2) is 31.9 Å². The molecule has 0 bridgehead atoms. The van der Waals surface area contributed by atoms with Gasteiger partial charge in [-0.25, -0.2) is 0 Å². The molecule has 0 heterocycles. The summed E-state index contributed by atoms with van der Waals surface area (Å²) in [5, 5.41) is 2.70. The first kappa shape index (κ1) is 26.4. The van der Waals surface area contributed by atoms with E-state index in [1.54, 1.807) is 42.5 Å². The Morgan fingerprint density at radius 1 is 0.943 bits per heavy atom. The molecule has 0 atom stereocenters. The van der Waals surface area contributed by atoms with Crippen molar-refractivity contribution in [3.05, 3.63) is 79.7 Å². The van der Waals surface area contributed by atoms with E-state index < -0.39 is 0 Å². The number of methoxy groups -OCH3 is 2. The molecule has 0 aliphatic rings. The Labute approximate surface area is 220 Å². The van der Waals surface area contributed by atoms with Crippen LogP contribution in [0.1, 0.15) is 34.0 Å². The standard InChI is InChI=1S/C26H23Br2NO6/c1-14-6-5-7-17(8-14)25(32)18-12-23(33-3)21(29-15(2)30)13-22(18)35-26-19(27)9-16(10-20(26)28)11-24(31)34-4/h5-10,12-13H,11H2,1-4H3,(H,29,30). The quantitative estimate of drug-likeness (QED) is 0.242. The van der Waals surface area contributed by atoms with Gasteiger partial charge in [0, 0.05) is 18.6 Å². The molecule has 3 aromatic carbocycles. The average molecular weight is 605 g/mol. The fourth-order valence-electron chi connectivity index (χ4n) is 3.38. The van der Waals surface area contributed by atoms with Crippen LogP contribution in [0.25, 0.3) is 0 Å². The highest BCUT2D eigenvalue weighted by Crippen LogP contribution is 2.42. The summed E-state index contributed by atoms with van der Waals surface area (Å²) in [6, 6.07) is 13.8. The number of benzene rings is 3. The molecule has 0 spiro atoms. The Morgan fingerprint density at radius 2 is 1.63 bits per heavy atom. The minimum absolute atomic E-state index is 0.0836. The Hall–Kier alpha value is -3.17. The van der Waals surface area contributed by atoms with Crippen LogP contribution < -0.4 is 14.8 Å². The van der Waals surface area contributed by atoms with Crippen molar-refractivity contribution >= 4 is 55.2 Å². The Morgan fingerprint density at radius 3 is 2.20 bits per heavy atom. The van der Waals surface area contributed by atoms with Crippen molar-refractivity contribution in [2.24, 2.45) is 0 Å². The van der Waals surface area contributed by atoms with Crippen molar-refractivity contribution < 1.29 is 28.6 Å². The lowest BCUT2D eigenvalue weighted by Crippen LogP contribution is -2.10. The van der Waals surface area contributed by atoms with Crippen molar-refractivity contribution in [1.29, 1.82) is 0 Å².